The lowest BCUT2D eigenvalue weighted by Crippen LogP contribution is -2.34. The predicted molar refractivity (Wildman–Crippen MR) is 103 cm³/mol. The van der Waals surface area contributed by atoms with Gasteiger partial charge in [-0.2, -0.15) is 14.7 Å². The van der Waals surface area contributed by atoms with Crippen LogP contribution in [0.4, 0.5) is 5.82 Å². The molecule has 7 heteroatoms. The number of hydrogen-bond acceptors (Lipinski definition) is 5. The van der Waals surface area contributed by atoms with E-state index < -0.39 is 0 Å². The van der Waals surface area contributed by atoms with Crippen LogP contribution in [0.3, 0.4) is 0 Å². The Hall–Kier alpha value is -2.67. The zero-order chi connectivity index (χ0) is 18.3. The summed E-state index contributed by atoms with van der Waals surface area (Å²) in [7, 11) is 0. The predicted octanol–water partition coefficient (Wildman–Crippen LogP) is 2.60. The average Bonchev–Trinajstić information content (AvgIpc) is 3.17. The Labute approximate surface area is 153 Å². The van der Waals surface area contributed by atoms with Gasteiger partial charge in [0.25, 0.3) is 0 Å². The van der Waals surface area contributed by atoms with Crippen molar-refractivity contribution in [2.45, 2.75) is 39.2 Å². The highest BCUT2D eigenvalue weighted by Crippen LogP contribution is 2.28. The van der Waals surface area contributed by atoms with Crippen LogP contribution in [0.15, 0.2) is 24.9 Å². The van der Waals surface area contributed by atoms with Crippen molar-refractivity contribution in [3.63, 3.8) is 0 Å². The van der Waals surface area contributed by atoms with Crippen molar-refractivity contribution >= 4 is 17.7 Å². The largest absolute Gasteiger partial charge is 0.384 e. The Morgan fingerprint density at radius 2 is 2.15 bits per heavy atom. The van der Waals surface area contributed by atoms with E-state index in [9.17, 15) is 0 Å². The maximum absolute atomic E-state index is 6.20. The normalized spacial score (nSPS) is 18.5. The number of nitrogens with zero attached hydrogens (tertiary/aromatic N) is 6. The summed E-state index contributed by atoms with van der Waals surface area (Å²) in [5.74, 6) is 1.04. The smallest absolute Gasteiger partial charge is 0.157 e. The zero-order valence-corrected chi connectivity index (χ0v) is 15.4. The van der Waals surface area contributed by atoms with Gasteiger partial charge >= 0.3 is 0 Å². The minimum atomic E-state index is 0.390. The Balaban J connectivity index is 1.54. The summed E-state index contributed by atoms with van der Waals surface area (Å²) in [4.78, 5) is 7.30. The van der Waals surface area contributed by atoms with Gasteiger partial charge in [-0.3, -0.25) is 4.90 Å². The molecule has 0 saturated carbocycles. The molecule has 1 aliphatic heterocycles. The molecule has 1 fully saturated rings. The van der Waals surface area contributed by atoms with E-state index in [0.29, 0.717) is 11.7 Å². The summed E-state index contributed by atoms with van der Waals surface area (Å²) < 4.78 is 3.50. The van der Waals surface area contributed by atoms with Gasteiger partial charge in [-0.05, 0) is 33.2 Å². The van der Waals surface area contributed by atoms with Crippen LogP contribution in [-0.2, 0) is 6.54 Å². The SMILES string of the molecule is C=Cn1cc(CN2CCC[C@H](c3cc(N)n4nc(C)cc4n3)C2)c(C)n1. The molecule has 0 bridgehead atoms. The van der Waals surface area contributed by atoms with Crippen LogP contribution >= 0.6 is 0 Å². The van der Waals surface area contributed by atoms with Crippen LogP contribution < -0.4 is 5.73 Å². The second-order valence-corrected chi connectivity index (χ2v) is 7.14. The van der Waals surface area contributed by atoms with Crippen molar-refractivity contribution in [3.8, 4) is 0 Å². The third-order valence-corrected chi connectivity index (χ3v) is 5.12. The topological polar surface area (TPSA) is 77.3 Å². The van der Waals surface area contributed by atoms with Crippen LogP contribution in [0.5, 0.6) is 0 Å². The van der Waals surface area contributed by atoms with Gasteiger partial charge in [0.05, 0.1) is 17.1 Å². The molecule has 0 unspecified atom stereocenters. The van der Waals surface area contributed by atoms with Crippen molar-refractivity contribution in [1.29, 1.82) is 0 Å². The average molecular weight is 351 g/mol. The molecule has 0 aliphatic carbocycles. The summed E-state index contributed by atoms with van der Waals surface area (Å²) in [6, 6.07) is 3.96. The number of nitrogen functional groups attached to an aromatic ring is 1. The van der Waals surface area contributed by atoms with Crippen LogP contribution in [-0.4, -0.2) is 42.4 Å². The minimum Gasteiger partial charge on any atom is -0.384 e. The van der Waals surface area contributed by atoms with Gasteiger partial charge < -0.3 is 5.73 Å². The number of nitrogens with two attached hydrogens (primary N) is 1. The molecule has 0 spiro atoms. The molecule has 0 radical (unpaired) electrons. The highest BCUT2D eigenvalue weighted by atomic mass is 15.3. The first-order chi connectivity index (χ1) is 12.5. The molecule has 1 saturated heterocycles. The molecule has 3 aromatic rings. The second kappa shape index (κ2) is 6.57. The van der Waals surface area contributed by atoms with E-state index in [4.69, 9.17) is 10.7 Å². The van der Waals surface area contributed by atoms with Gasteiger partial charge in [0, 0.05) is 49.1 Å². The van der Waals surface area contributed by atoms with Gasteiger partial charge in [-0.15, -0.1) is 0 Å². The molecule has 2 N–H and O–H groups in total. The molecule has 136 valence electrons. The van der Waals surface area contributed by atoms with Crippen molar-refractivity contribution in [2.75, 3.05) is 18.8 Å². The van der Waals surface area contributed by atoms with Crippen LogP contribution in [0.2, 0.25) is 0 Å². The number of rotatable bonds is 4. The van der Waals surface area contributed by atoms with E-state index in [1.807, 2.05) is 19.1 Å². The monoisotopic (exact) mass is 351 g/mol. The quantitative estimate of drug-likeness (QED) is 0.782. The lowest BCUT2D eigenvalue weighted by Gasteiger charge is -2.32. The van der Waals surface area contributed by atoms with Gasteiger partial charge in [0.2, 0.25) is 0 Å². The number of likely N-dealkylation sites (tertiary alicyclic amines) is 1. The number of hydrogen-bond donors (Lipinski definition) is 1. The van der Waals surface area contributed by atoms with Crippen molar-refractivity contribution in [1.82, 2.24) is 29.3 Å². The molecule has 4 heterocycles. The Bertz CT molecular complexity index is 952. The number of piperidine rings is 1. The first-order valence-corrected chi connectivity index (χ1v) is 9.06. The van der Waals surface area contributed by atoms with E-state index in [-0.39, 0.29) is 0 Å². The van der Waals surface area contributed by atoms with E-state index in [2.05, 4.69) is 34.8 Å². The maximum Gasteiger partial charge on any atom is 0.157 e. The molecule has 1 aliphatic rings. The summed E-state index contributed by atoms with van der Waals surface area (Å²) in [5, 5.41) is 8.84. The molecule has 3 aromatic heterocycles. The standard InChI is InChI=1S/C19H25N7/c1-4-25-12-16(14(3)23-25)11-24-7-5-6-15(10-24)17-9-18(20)26-19(21-17)8-13(2)22-26/h4,8-9,12,15H,1,5-7,10-11,20H2,2-3H3/t15-/m0/s1. The number of fused-ring (bicyclic) bond motifs is 1. The van der Waals surface area contributed by atoms with Crippen molar-refractivity contribution in [2.24, 2.45) is 0 Å². The molecular formula is C19H25N7. The molecular weight excluding hydrogens is 326 g/mol. The molecule has 1 atom stereocenters. The number of aryl methyl sites for hydroxylation is 2. The van der Waals surface area contributed by atoms with E-state index in [1.54, 1.807) is 15.4 Å². The molecule has 7 nitrogen and oxygen atoms in total. The van der Waals surface area contributed by atoms with Crippen molar-refractivity contribution < 1.29 is 0 Å². The highest BCUT2D eigenvalue weighted by molar-refractivity contribution is 5.48. The minimum absolute atomic E-state index is 0.390. The van der Waals surface area contributed by atoms with Crippen LogP contribution in [0, 0.1) is 13.8 Å². The summed E-state index contributed by atoms with van der Waals surface area (Å²) in [6.45, 7) is 10.8. The van der Waals surface area contributed by atoms with Gasteiger partial charge in [0.15, 0.2) is 5.65 Å². The Morgan fingerprint density at radius 3 is 2.92 bits per heavy atom. The lowest BCUT2D eigenvalue weighted by molar-refractivity contribution is 0.198. The lowest BCUT2D eigenvalue weighted by atomic mass is 9.94. The fraction of sp³-hybridized carbons (Fsp3) is 0.421. The fourth-order valence-electron chi connectivity index (χ4n) is 3.79. The molecule has 26 heavy (non-hydrogen) atoms. The van der Waals surface area contributed by atoms with E-state index in [1.165, 1.54) is 5.56 Å². The van der Waals surface area contributed by atoms with Crippen molar-refractivity contribution in [3.05, 3.63) is 47.6 Å². The van der Waals surface area contributed by atoms with Gasteiger partial charge in [-0.1, -0.05) is 6.58 Å². The Kier molecular flexibility index (Phi) is 4.24. The third-order valence-electron chi connectivity index (χ3n) is 5.12. The molecule has 0 aromatic carbocycles. The third kappa shape index (κ3) is 3.10. The summed E-state index contributed by atoms with van der Waals surface area (Å²) >= 11 is 0. The van der Waals surface area contributed by atoms with Crippen LogP contribution in [0.25, 0.3) is 11.8 Å². The van der Waals surface area contributed by atoms with Gasteiger partial charge in [-0.25, -0.2) is 9.67 Å². The van der Waals surface area contributed by atoms with E-state index in [0.717, 1.165) is 55.2 Å². The maximum atomic E-state index is 6.20. The fourth-order valence-corrected chi connectivity index (χ4v) is 3.79. The summed E-state index contributed by atoms with van der Waals surface area (Å²) in [6.07, 6.45) is 6.08. The first-order valence-electron chi connectivity index (χ1n) is 9.06. The highest BCUT2D eigenvalue weighted by Gasteiger charge is 2.24. The second-order valence-electron chi connectivity index (χ2n) is 7.14. The van der Waals surface area contributed by atoms with E-state index >= 15 is 0 Å². The summed E-state index contributed by atoms with van der Waals surface area (Å²) in [5.41, 5.74) is 11.3. The van der Waals surface area contributed by atoms with Crippen LogP contribution in [0.1, 0.15) is 41.4 Å². The number of anilines is 1. The Morgan fingerprint density at radius 1 is 1.31 bits per heavy atom. The molecule has 4 rings (SSSR count). The first kappa shape index (κ1) is 16.8. The zero-order valence-electron chi connectivity index (χ0n) is 15.4. The van der Waals surface area contributed by atoms with Gasteiger partial charge in [0.1, 0.15) is 5.82 Å². The molecule has 0 amide bonds. The number of aromatic nitrogens is 5.